The molecule has 144 valence electrons. The van der Waals surface area contributed by atoms with E-state index in [1.54, 1.807) is 12.1 Å². The number of hydrogen-bond donors (Lipinski definition) is 4. The van der Waals surface area contributed by atoms with Crippen molar-refractivity contribution in [2.75, 3.05) is 6.54 Å². The molecule has 8 heteroatoms. The Balaban J connectivity index is 1.62. The Labute approximate surface area is 161 Å². The number of carbonyl (C=O) groups excluding carboxylic acids is 1. The fourth-order valence-corrected chi connectivity index (χ4v) is 3.00. The number of para-hydroxylation sites is 1. The number of carbonyl (C=O) groups is 1. The van der Waals surface area contributed by atoms with E-state index in [-0.39, 0.29) is 5.69 Å². The third-order valence-electron chi connectivity index (χ3n) is 4.40. The molecule has 1 aromatic heterocycles. The number of fused-ring (bicyclic) bond motifs is 1. The molecule has 0 saturated carbocycles. The van der Waals surface area contributed by atoms with Crippen molar-refractivity contribution in [1.29, 1.82) is 0 Å². The number of hydroxylamine groups is 1. The summed E-state index contributed by atoms with van der Waals surface area (Å²) in [6.45, 7) is 1.04. The lowest BCUT2D eigenvalue weighted by Crippen LogP contribution is -2.17. The normalized spacial score (nSPS) is 11.2. The molecule has 0 spiro atoms. The molecule has 0 bridgehead atoms. The maximum atomic E-state index is 11.4. The van der Waals surface area contributed by atoms with E-state index in [1.165, 1.54) is 28.6 Å². The van der Waals surface area contributed by atoms with Crippen LogP contribution in [0.15, 0.2) is 54.7 Å². The number of nitrogens with one attached hydrogen (secondary N) is 3. The highest BCUT2D eigenvalue weighted by Crippen LogP contribution is 2.21. The Hall–Kier alpha value is -3.49. The van der Waals surface area contributed by atoms with Crippen LogP contribution in [0.1, 0.15) is 16.7 Å². The molecule has 3 aromatic rings. The lowest BCUT2D eigenvalue weighted by molar-refractivity contribution is -0.385. The van der Waals surface area contributed by atoms with Crippen molar-refractivity contribution in [2.45, 2.75) is 13.0 Å². The Morgan fingerprint density at radius 3 is 2.82 bits per heavy atom. The summed E-state index contributed by atoms with van der Waals surface area (Å²) in [6.07, 6.45) is 5.28. The predicted molar refractivity (Wildman–Crippen MR) is 106 cm³/mol. The molecule has 1 heterocycles. The molecular weight excluding hydrogens is 360 g/mol. The third-order valence-corrected chi connectivity index (χ3v) is 4.40. The van der Waals surface area contributed by atoms with Gasteiger partial charge in [0.15, 0.2) is 0 Å². The van der Waals surface area contributed by atoms with Gasteiger partial charge in [-0.3, -0.25) is 20.1 Å². The van der Waals surface area contributed by atoms with E-state index in [9.17, 15) is 14.9 Å². The quantitative estimate of drug-likeness (QED) is 0.157. The Bertz CT molecular complexity index is 1030. The van der Waals surface area contributed by atoms with Gasteiger partial charge in [-0.05, 0) is 36.2 Å². The van der Waals surface area contributed by atoms with Crippen LogP contribution in [0.25, 0.3) is 17.0 Å². The summed E-state index contributed by atoms with van der Waals surface area (Å²) in [5.41, 5.74) is 4.79. The van der Waals surface area contributed by atoms with E-state index in [4.69, 9.17) is 5.21 Å². The molecule has 0 unspecified atom stereocenters. The zero-order chi connectivity index (χ0) is 19.9. The summed E-state index contributed by atoms with van der Waals surface area (Å²) in [6, 6.07) is 12.8. The molecule has 0 aliphatic carbocycles. The molecule has 28 heavy (non-hydrogen) atoms. The van der Waals surface area contributed by atoms with Crippen molar-refractivity contribution >= 4 is 28.6 Å². The minimum absolute atomic E-state index is 0.0221. The number of nitro benzene ring substituents is 1. The van der Waals surface area contributed by atoms with Crippen LogP contribution in [0.5, 0.6) is 0 Å². The SMILES string of the molecule is O=C(C=Cc1ccc(CNCCc2c[nH]c3ccccc23)c([N+](=O)[O-])c1)NO. The molecule has 0 saturated heterocycles. The van der Waals surface area contributed by atoms with Crippen LogP contribution in [0.2, 0.25) is 0 Å². The standard InChI is InChI=1S/C20H20N4O4/c25-20(23-26)8-6-14-5-7-16(19(11-14)24(27)28)12-21-10-9-15-13-22-18-4-2-1-3-17(15)18/h1-8,11,13,21-22,26H,9-10,12H2,(H,23,25). The van der Waals surface area contributed by atoms with Crippen LogP contribution in [-0.4, -0.2) is 27.6 Å². The highest BCUT2D eigenvalue weighted by Gasteiger charge is 2.14. The third kappa shape index (κ3) is 4.61. The first kappa shape index (κ1) is 19.3. The number of amides is 1. The predicted octanol–water partition coefficient (Wildman–Crippen LogP) is 2.93. The number of H-pyrrole nitrogens is 1. The summed E-state index contributed by atoms with van der Waals surface area (Å²) in [5, 5.41) is 24.3. The van der Waals surface area contributed by atoms with Crippen molar-refractivity contribution in [1.82, 2.24) is 15.8 Å². The molecular formula is C20H20N4O4. The molecule has 4 N–H and O–H groups in total. The largest absolute Gasteiger partial charge is 0.361 e. The van der Waals surface area contributed by atoms with Crippen LogP contribution < -0.4 is 10.8 Å². The number of hydrogen-bond acceptors (Lipinski definition) is 5. The highest BCUT2D eigenvalue weighted by molar-refractivity contribution is 5.90. The molecule has 8 nitrogen and oxygen atoms in total. The van der Waals surface area contributed by atoms with Gasteiger partial charge in [0.05, 0.1) is 4.92 Å². The number of nitrogens with zero attached hydrogens (tertiary/aromatic N) is 1. The maximum Gasteiger partial charge on any atom is 0.274 e. The van der Waals surface area contributed by atoms with Crippen molar-refractivity contribution < 1.29 is 14.9 Å². The summed E-state index contributed by atoms with van der Waals surface area (Å²) >= 11 is 0. The topological polar surface area (TPSA) is 120 Å². The number of rotatable bonds is 8. The minimum Gasteiger partial charge on any atom is -0.361 e. The van der Waals surface area contributed by atoms with Gasteiger partial charge in [0.1, 0.15) is 0 Å². The second-order valence-electron chi connectivity index (χ2n) is 6.24. The summed E-state index contributed by atoms with van der Waals surface area (Å²) in [7, 11) is 0. The number of benzene rings is 2. The van der Waals surface area contributed by atoms with E-state index >= 15 is 0 Å². The summed E-state index contributed by atoms with van der Waals surface area (Å²) < 4.78 is 0. The average Bonchev–Trinajstić information content (AvgIpc) is 3.12. The molecule has 0 aliphatic rings. The second-order valence-corrected chi connectivity index (χ2v) is 6.24. The van der Waals surface area contributed by atoms with Gasteiger partial charge in [0.2, 0.25) is 0 Å². The molecule has 0 fully saturated rings. The van der Waals surface area contributed by atoms with Crippen molar-refractivity contribution in [2.24, 2.45) is 0 Å². The highest BCUT2D eigenvalue weighted by atomic mass is 16.6. The molecule has 0 aliphatic heterocycles. The minimum atomic E-state index is -0.703. The van der Waals surface area contributed by atoms with E-state index in [0.717, 1.165) is 18.0 Å². The molecule has 0 radical (unpaired) electrons. The number of aromatic amines is 1. The van der Waals surface area contributed by atoms with Crippen molar-refractivity contribution in [3.05, 3.63) is 81.5 Å². The van der Waals surface area contributed by atoms with Crippen LogP contribution in [0.4, 0.5) is 5.69 Å². The molecule has 2 aromatic carbocycles. The van der Waals surface area contributed by atoms with Gasteiger partial charge >= 0.3 is 0 Å². The first-order valence-corrected chi connectivity index (χ1v) is 8.73. The zero-order valence-corrected chi connectivity index (χ0v) is 15.0. The van der Waals surface area contributed by atoms with E-state index in [2.05, 4.69) is 16.4 Å². The lowest BCUT2D eigenvalue weighted by atomic mass is 10.1. The first-order chi connectivity index (χ1) is 13.6. The fourth-order valence-electron chi connectivity index (χ4n) is 3.00. The Morgan fingerprint density at radius 2 is 2.04 bits per heavy atom. The zero-order valence-electron chi connectivity index (χ0n) is 15.0. The second kappa shape index (κ2) is 8.94. The Kier molecular flexibility index (Phi) is 6.15. The van der Waals surface area contributed by atoms with Gasteiger partial charge in [-0.2, -0.15) is 0 Å². The monoisotopic (exact) mass is 380 g/mol. The number of nitro groups is 1. The van der Waals surface area contributed by atoms with E-state index in [0.29, 0.717) is 24.2 Å². The van der Waals surface area contributed by atoms with Gasteiger partial charge in [0, 0.05) is 41.4 Å². The van der Waals surface area contributed by atoms with Gasteiger partial charge in [-0.15, -0.1) is 0 Å². The van der Waals surface area contributed by atoms with Crippen LogP contribution in [0, 0.1) is 10.1 Å². The Morgan fingerprint density at radius 1 is 1.21 bits per heavy atom. The van der Waals surface area contributed by atoms with Crippen LogP contribution in [-0.2, 0) is 17.8 Å². The molecule has 1 amide bonds. The lowest BCUT2D eigenvalue weighted by Gasteiger charge is -2.07. The van der Waals surface area contributed by atoms with Crippen LogP contribution in [0.3, 0.4) is 0 Å². The first-order valence-electron chi connectivity index (χ1n) is 8.73. The maximum absolute atomic E-state index is 11.4. The van der Waals surface area contributed by atoms with E-state index < -0.39 is 10.8 Å². The van der Waals surface area contributed by atoms with Crippen molar-refractivity contribution in [3.8, 4) is 0 Å². The van der Waals surface area contributed by atoms with Crippen molar-refractivity contribution in [3.63, 3.8) is 0 Å². The average molecular weight is 380 g/mol. The van der Waals surface area contributed by atoms with Gasteiger partial charge in [-0.25, -0.2) is 5.48 Å². The van der Waals surface area contributed by atoms with Gasteiger partial charge < -0.3 is 10.3 Å². The van der Waals surface area contributed by atoms with Gasteiger partial charge in [0.25, 0.3) is 11.6 Å². The summed E-state index contributed by atoms with van der Waals surface area (Å²) in [4.78, 5) is 25.2. The fraction of sp³-hybridized carbons (Fsp3) is 0.150. The smallest absolute Gasteiger partial charge is 0.274 e. The van der Waals surface area contributed by atoms with Crippen LogP contribution >= 0.6 is 0 Å². The molecule has 0 atom stereocenters. The number of aromatic nitrogens is 1. The van der Waals surface area contributed by atoms with Gasteiger partial charge in [-0.1, -0.05) is 30.3 Å². The molecule has 3 rings (SSSR count). The van der Waals surface area contributed by atoms with E-state index in [1.807, 2.05) is 24.4 Å². The summed E-state index contributed by atoms with van der Waals surface area (Å²) in [5.74, 6) is -0.703.